The van der Waals surface area contributed by atoms with Gasteiger partial charge in [-0.1, -0.05) is 51.1 Å². The van der Waals surface area contributed by atoms with E-state index in [0.717, 1.165) is 5.56 Å². The van der Waals surface area contributed by atoms with Crippen LogP contribution >= 0.6 is 0 Å². The van der Waals surface area contributed by atoms with Gasteiger partial charge in [-0.25, -0.2) is 4.99 Å². The van der Waals surface area contributed by atoms with Crippen LogP contribution in [0.5, 0.6) is 0 Å². The minimum Gasteiger partial charge on any atom is -0.370 e. The zero-order valence-electron chi connectivity index (χ0n) is 10.5. The molecule has 17 heavy (non-hydrogen) atoms. The van der Waals surface area contributed by atoms with E-state index in [1.54, 1.807) is 0 Å². The summed E-state index contributed by atoms with van der Waals surface area (Å²) in [6.45, 7) is 5.95. The number of carbonyl (C=O) groups is 1. The normalized spacial score (nSPS) is 12.3. The van der Waals surface area contributed by atoms with Gasteiger partial charge in [0.15, 0.2) is 5.96 Å². The average Bonchev–Trinajstić information content (AvgIpc) is 2.26. The molecule has 0 atom stereocenters. The van der Waals surface area contributed by atoms with Gasteiger partial charge in [-0.05, 0) is 5.56 Å². The van der Waals surface area contributed by atoms with Gasteiger partial charge in [0.05, 0.1) is 6.54 Å². The molecule has 0 fully saturated rings. The van der Waals surface area contributed by atoms with Crippen LogP contribution < -0.4 is 11.1 Å². The van der Waals surface area contributed by atoms with Gasteiger partial charge in [0.2, 0.25) is 5.91 Å². The first-order valence-electron chi connectivity index (χ1n) is 5.55. The Morgan fingerprint density at radius 2 is 1.88 bits per heavy atom. The first kappa shape index (κ1) is 13.2. The SMILES string of the molecule is CC(C)(C)C(=O)NC(N)=NCc1ccccc1. The maximum absolute atomic E-state index is 11.6. The van der Waals surface area contributed by atoms with Crippen LogP contribution in [0.15, 0.2) is 35.3 Å². The number of amides is 1. The predicted octanol–water partition coefficient (Wildman–Crippen LogP) is 1.66. The number of nitrogens with one attached hydrogen (secondary N) is 1. The second-order valence-electron chi connectivity index (χ2n) is 4.89. The third kappa shape index (κ3) is 4.68. The molecule has 0 saturated carbocycles. The van der Waals surface area contributed by atoms with Crippen molar-refractivity contribution in [1.82, 2.24) is 5.32 Å². The molecule has 1 aromatic carbocycles. The molecular formula is C13H19N3O. The lowest BCUT2D eigenvalue weighted by atomic mass is 9.96. The number of nitrogens with zero attached hydrogens (tertiary/aromatic N) is 1. The molecule has 4 nitrogen and oxygen atoms in total. The molecular weight excluding hydrogens is 214 g/mol. The van der Waals surface area contributed by atoms with E-state index in [1.165, 1.54) is 0 Å². The van der Waals surface area contributed by atoms with Crippen molar-refractivity contribution in [3.63, 3.8) is 0 Å². The molecule has 1 amide bonds. The fraction of sp³-hybridized carbons (Fsp3) is 0.385. The smallest absolute Gasteiger partial charge is 0.232 e. The fourth-order valence-electron chi connectivity index (χ4n) is 1.10. The number of aliphatic imine (C=N–C) groups is 1. The quantitative estimate of drug-likeness (QED) is 0.602. The molecule has 0 aromatic heterocycles. The van der Waals surface area contributed by atoms with Crippen molar-refractivity contribution < 1.29 is 4.79 Å². The van der Waals surface area contributed by atoms with Gasteiger partial charge < -0.3 is 5.73 Å². The Labute approximate surface area is 102 Å². The number of hydrogen-bond acceptors (Lipinski definition) is 2. The van der Waals surface area contributed by atoms with Gasteiger partial charge >= 0.3 is 0 Å². The molecule has 4 heteroatoms. The molecule has 0 radical (unpaired) electrons. The third-order valence-electron chi connectivity index (χ3n) is 2.20. The van der Waals surface area contributed by atoms with Gasteiger partial charge in [-0.3, -0.25) is 10.1 Å². The molecule has 0 unspecified atom stereocenters. The van der Waals surface area contributed by atoms with Crippen LogP contribution in [0, 0.1) is 5.41 Å². The van der Waals surface area contributed by atoms with Crippen molar-refractivity contribution in [1.29, 1.82) is 0 Å². The lowest BCUT2D eigenvalue weighted by Crippen LogP contribution is -2.43. The largest absolute Gasteiger partial charge is 0.370 e. The monoisotopic (exact) mass is 233 g/mol. The first-order valence-corrected chi connectivity index (χ1v) is 5.55. The summed E-state index contributed by atoms with van der Waals surface area (Å²) in [4.78, 5) is 15.7. The average molecular weight is 233 g/mol. The van der Waals surface area contributed by atoms with Gasteiger partial charge in [0.25, 0.3) is 0 Å². The van der Waals surface area contributed by atoms with Gasteiger partial charge in [0, 0.05) is 5.41 Å². The molecule has 1 rings (SSSR count). The summed E-state index contributed by atoms with van der Waals surface area (Å²) in [6.07, 6.45) is 0. The Kier molecular flexibility index (Phi) is 4.26. The Balaban J connectivity index is 2.54. The van der Waals surface area contributed by atoms with Crippen LogP contribution in [0.2, 0.25) is 0 Å². The maximum atomic E-state index is 11.6. The lowest BCUT2D eigenvalue weighted by Gasteiger charge is -2.16. The standard InChI is InChI=1S/C13H19N3O/c1-13(2,3)11(17)16-12(14)15-9-10-7-5-4-6-8-10/h4-8H,9H2,1-3H3,(H3,14,15,16,17). The van der Waals surface area contributed by atoms with E-state index in [4.69, 9.17) is 5.73 Å². The Morgan fingerprint density at radius 1 is 1.29 bits per heavy atom. The van der Waals surface area contributed by atoms with Crippen LogP contribution in [0.25, 0.3) is 0 Å². The number of carbonyl (C=O) groups excluding carboxylic acids is 1. The summed E-state index contributed by atoms with van der Waals surface area (Å²) < 4.78 is 0. The zero-order valence-corrected chi connectivity index (χ0v) is 10.5. The number of nitrogens with two attached hydrogens (primary N) is 1. The predicted molar refractivity (Wildman–Crippen MR) is 69.4 cm³/mol. The van der Waals surface area contributed by atoms with E-state index in [2.05, 4.69) is 10.3 Å². The van der Waals surface area contributed by atoms with Crippen molar-refractivity contribution >= 4 is 11.9 Å². The van der Waals surface area contributed by atoms with Crippen molar-refractivity contribution in [2.75, 3.05) is 0 Å². The summed E-state index contributed by atoms with van der Waals surface area (Å²) in [5, 5.41) is 2.58. The van der Waals surface area contributed by atoms with Gasteiger partial charge in [-0.2, -0.15) is 0 Å². The van der Waals surface area contributed by atoms with Crippen LogP contribution in [-0.2, 0) is 11.3 Å². The first-order chi connectivity index (χ1) is 7.89. The maximum Gasteiger partial charge on any atom is 0.232 e. The second-order valence-corrected chi connectivity index (χ2v) is 4.89. The van der Waals surface area contributed by atoms with Crippen LogP contribution in [-0.4, -0.2) is 11.9 Å². The van der Waals surface area contributed by atoms with E-state index in [-0.39, 0.29) is 11.9 Å². The molecule has 0 heterocycles. The van der Waals surface area contributed by atoms with Gasteiger partial charge in [0.1, 0.15) is 0 Å². The van der Waals surface area contributed by atoms with Gasteiger partial charge in [-0.15, -0.1) is 0 Å². The van der Waals surface area contributed by atoms with Crippen molar-refractivity contribution in [2.45, 2.75) is 27.3 Å². The Bertz CT molecular complexity index is 404. The molecule has 0 aliphatic carbocycles. The van der Waals surface area contributed by atoms with E-state index >= 15 is 0 Å². The summed E-state index contributed by atoms with van der Waals surface area (Å²) in [5.41, 5.74) is 6.23. The summed E-state index contributed by atoms with van der Waals surface area (Å²) in [6, 6.07) is 9.74. The molecule has 1 aromatic rings. The summed E-state index contributed by atoms with van der Waals surface area (Å²) in [5.74, 6) is 0.0283. The highest BCUT2D eigenvalue weighted by molar-refractivity contribution is 5.98. The number of benzene rings is 1. The lowest BCUT2D eigenvalue weighted by molar-refractivity contribution is -0.126. The topological polar surface area (TPSA) is 67.5 Å². The minimum absolute atomic E-state index is 0.133. The van der Waals surface area contributed by atoms with E-state index in [0.29, 0.717) is 6.54 Å². The molecule has 0 aliphatic heterocycles. The highest BCUT2D eigenvalue weighted by Gasteiger charge is 2.21. The molecule has 0 bridgehead atoms. The molecule has 92 valence electrons. The Morgan fingerprint density at radius 3 is 2.41 bits per heavy atom. The van der Waals surface area contributed by atoms with Crippen molar-refractivity contribution in [2.24, 2.45) is 16.1 Å². The molecule has 3 N–H and O–H groups in total. The van der Waals surface area contributed by atoms with E-state index in [1.807, 2.05) is 51.1 Å². The van der Waals surface area contributed by atoms with Crippen LogP contribution in [0.3, 0.4) is 0 Å². The van der Waals surface area contributed by atoms with Crippen LogP contribution in [0.4, 0.5) is 0 Å². The highest BCUT2D eigenvalue weighted by atomic mass is 16.2. The zero-order chi connectivity index (χ0) is 12.9. The molecule has 0 spiro atoms. The number of rotatable bonds is 2. The molecule has 0 saturated heterocycles. The van der Waals surface area contributed by atoms with Crippen molar-refractivity contribution in [3.8, 4) is 0 Å². The third-order valence-corrected chi connectivity index (χ3v) is 2.20. The van der Waals surface area contributed by atoms with E-state index < -0.39 is 5.41 Å². The van der Waals surface area contributed by atoms with E-state index in [9.17, 15) is 4.79 Å². The highest BCUT2D eigenvalue weighted by Crippen LogP contribution is 2.12. The van der Waals surface area contributed by atoms with Crippen LogP contribution in [0.1, 0.15) is 26.3 Å². The second kappa shape index (κ2) is 5.48. The summed E-state index contributed by atoms with van der Waals surface area (Å²) >= 11 is 0. The fourth-order valence-corrected chi connectivity index (χ4v) is 1.10. The minimum atomic E-state index is -0.465. The Hall–Kier alpha value is -1.84. The van der Waals surface area contributed by atoms with Crippen molar-refractivity contribution in [3.05, 3.63) is 35.9 Å². The number of hydrogen-bond donors (Lipinski definition) is 2. The summed E-state index contributed by atoms with van der Waals surface area (Å²) in [7, 11) is 0. The molecule has 0 aliphatic rings. The number of guanidine groups is 1.